The van der Waals surface area contributed by atoms with E-state index in [4.69, 9.17) is 0 Å². The Balaban J connectivity index is 1.86. The van der Waals surface area contributed by atoms with E-state index in [0.29, 0.717) is 5.82 Å². The lowest BCUT2D eigenvalue weighted by molar-refractivity contribution is 0.102. The second kappa shape index (κ2) is 5.98. The van der Waals surface area contributed by atoms with Crippen molar-refractivity contribution >= 4 is 23.1 Å². The van der Waals surface area contributed by atoms with Gasteiger partial charge in [-0.2, -0.15) is 0 Å². The number of carbonyl (C=O) groups is 1. The highest BCUT2D eigenvalue weighted by molar-refractivity contribution is 7.13. The number of benzene rings is 1. The van der Waals surface area contributed by atoms with E-state index in [9.17, 15) is 13.6 Å². The van der Waals surface area contributed by atoms with Crippen LogP contribution in [0.15, 0.2) is 48.0 Å². The molecule has 1 N–H and O–H groups in total. The van der Waals surface area contributed by atoms with Gasteiger partial charge in [-0.15, -0.1) is 11.3 Å². The average molecular weight is 317 g/mol. The molecule has 1 amide bonds. The van der Waals surface area contributed by atoms with Gasteiger partial charge in [0, 0.05) is 11.6 Å². The lowest BCUT2D eigenvalue weighted by Gasteiger charge is -2.01. The first-order valence-corrected chi connectivity index (χ1v) is 7.15. The van der Waals surface area contributed by atoms with E-state index in [0.717, 1.165) is 23.5 Å². The molecule has 0 fully saturated rings. The quantitative estimate of drug-likeness (QED) is 0.800. The van der Waals surface area contributed by atoms with Gasteiger partial charge in [0.05, 0.1) is 5.56 Å². The maximum atomic E-state index is 13.7. The second-order valence-corrected chi connectivity index (χ2v) is 5.16. The normalized spacial score (nSPS) is 10.5. The molecule has 0 saturated carbocycles. The van der Waals surface area contributed by atoms with Crippen LogP contribution in [0.1, 0.15) is 10.5 Å². The standard InChI is InChI=1S/C15H9F2N3OS/c16-9-4-3-5-10(17)13(9)15-19-11(8-22-15)14(21)20-12-6-1-2-7-18-12/h1-8H,(H,18,20,21). The van der Waals surface area contributed by atoms with Crippen LogP contribution in [0.25, 0.3) is 10.6 Å². The minimum atomic E-state index is -0.717. The maximum Gasteiger partial charge on any atom is 0.276 e. The lowest BCUT2D eigenvalue weighted by atomic mass is 10.2. The van der Waals surface area contributed by atoms with Crippen molar-refractivity contribution < 1.29 is 13.6 Å². The molecule has 0 aliphatic heterocycles. The number of halogens is 2. The summed E-state index contributed by atoms with van der Waals surface area (Å²) in [6.45, 7) is 0. The number of carbonyl (C=O) groups excluding carboxylic acids is 1. The van der Waals surface area contributed by atoms with Crippen LogP contribution in [0.3, 0.4) is 0 Å². The highest BCUT2D eigenvalue weighted by atomic mass is 32.1. The van der Waals surface area contributed by atoms with Crippen LogP contribution >= 0.6 is 11.3 Å². The van der Waals surface area contributed by atoms with Crippen LogP contribution in [0, 0.1) is 11.6 Å². The average Bonchev–Trinajstić information content (AvgIpc) is 2.98. The second-order valence-electron chi connectivity index (χ2n) is 4.30. The molecule has 0 radical (unpaired) electrons. The van der Waals surface area contributed by atoms with Crippen LogP contribution in [0.5, 0.6) is 0 Å². The van der Waals surface area contributed by atoms with Gasteiger partial charge in [-0.25, -0.2) is 18.7 Å². The third-order valence-corrected chi connectivity index (χ3v) is 3.68. The van der Waals surface area contributed by atoms with Gasteiger partial charge in [0.25, 0.3) is 5.91 Å². The van der Waals surface area contributed by atoms with Gasteiger partial charge in [0.1, 0.15) is 28.2 Å². The Morgan fingerprint density at radius 2 is 1.86 bits per heavy atom. The smallest absolute Gasteiger partial charge is 0.276 e. The molecule has 1 aromatic carbocycles. The molecular weight excluding hydrogens is 308 g/mol. The van der Waals surface area contributed by atoms with Crippen molar-refractivity contribution in [1.82, 2.24) is 9.97 Å². The number of aromatic nitrogens is 2. The molecule has 2 heterocycles. The number of amides is 1. The highest BCUT2D eigenvalue weighted by Crippen LogP contribution is 2.29. The van der Waals surface area contributed by atoms with Gasteiger partial charge in [-0.3, -0.25) is 4.79 Å². The summed E-state index contributed by atoms with van der Waals surface area (Å²) in [5.41, 5.74) is -0.155. The Morgan fingerprint density at radius 3 is 2.55 bits per heavy atom. The fourth-order valence-electron chi connectivity index (χ4n) is 1.81. The molecule has 0 spiro atoms. The molecule has 3 rings (SSSR count). The van der Waals surface area contributed by atoms with Gasteiger partial charge >= 0.3 is 0 Å². The van der Waals surface area contributed by atoms with Gasteiger partial charge in [0.2, 0.25) is 0 Å². The third-order valence-electron chi connectivity index (χ3n) is 2.82. The van der Waals surface area contributed by atoms with E-state index in [1.807, 2.05) is 0 Å². The predicted octanol–water partition coefficient (Wildman–Crippen LogP) is 3.74. The fourth-order valence-corrected chi connectivity index (χ4v) is 2.66. The summed E-state index contributed by atoms with van der Waals surface area (Å²) >= 11 is 0.998. The molecule has 0 saturated heterocycles. The molecule has 7 heteroatoms. The van der Waals surface area contributed by atoms with Gasteiger partial charge in [-0.1, -0.05) is 12.1 Å². The summed E-state index contributed by atoms with van der Waals surface area (Å²) in [7, 11) is 0. The van der Waals surface area contributed by atoms with Crippen molar-refractivity contribution in [2.45, 2.75) is 0 Å². The Morgan fingerprint density at radius 1 is 1.09 bits per heavy atom. The maximum absolute atomic E-state index is 13.7. The first-order valence-electron chi connectivity index (χ1n) is 6.27. The molecule has 0 bridgehead atoms. The van der Waals surface area contributed by atoms with Crippen LogP contribution in [0.4, 0.5) is 14.6 Å². The first-order chi connectivity index (χ1) is 10.6. The van der Waals surface area contributed by atoms with Crippen molar-refractivity contribution in [2.24, 2.45) is 0 Å². The fraction of sp³-hybridized carbons (Fsp3) is 0. The summed E-state index contributed by atoms with van der Waals surface area (Å²) in [5, 5.41) is 4.12. The zero-order valence-electron chi connectivity index (χ0n) is 11.1. The van der Waals surface area contributed by atoms with Crippen LogP contribution < -0.4 is 5.32 Å². The van der Waals surface area contributed by atoms with Crippen molar-refractivity contribution in [2.75, 3.05) is 5.32 Å². The minimum absolute atomic E-state index is 0.0771. The van der Waals surface area contributed by atoms with Crippen LogP contribution in [-0.4, -0.2) is 15.9 Å². The topological polar surface area (TPSA) is 54.9 Å². The van der Waals surface area contributed by atoms with Gasteiger partial charge in [-0.05, 0) is 24.3 Å². The van der Waals surface area contributed by atoms with E-state index in [-0.39, 0.29) is 16.3 Å². The number of hydrogen-bond donors (Lipinski definition) is 1. The molecule has 4 nitrogen and oxygen atoms in total. The monoisotopic (exact) mass is 317 g/mol. The molecule has 0 aliphatic rings. The van der Waals surface area contributed by atoms with Crippen molar-refractivity contribution in [1.29, 1.82) is 0 Å². The number of rotatable bonds is 3. The molecule has 0 aliphatic carbocycles. The van der Waals surface area contributed by atoms with Crippen molar-refractivity contribution in [3.8, 4) is 10.6 Å². The van der Waals surface area contributed by atoms with Gasteiger partial charge in [0.15, 0.2) is 0 Å². The predicted molar refractivity (Wildman–Crippen MR) is 79.7 cm³/mol. The largest absolute Gasteiger partial charge is 0.305 e. The number of hydrogen-bond acceptors (Lipinski definition) is 4. The molecule has 0 atom stereocenters. The number of pyridine rings is 1. The molecule has 3 aromatic rings. The van der Waals surface area contributed by atoms with Crippen molar-refractivity contribution in [3.05, 3.63) is 65.3 Å². The minimum Gasteiger partial charge on any atom is -0.305 e. The summed E-state index contributed by atoms with van der Waals surface area (Å²) in [6, 6.07) is 8.64. The lowest BCUT2D eigenvalue weighted by Crippen LogP contribution is -2.13. The van der Waals surface area contributed by atoms with E-state index in [2.05, 4.69) is 15.3 Å². The SMILES string of the molecule is O=C(Nc1ccccn1)c1csc(-c2c(F)cccc2F)n1. The van der Waals surface area contributed by atoms with Crippen LogP contribution in [-0.2, 0) is 0 Å². The Kier molecular flexibility index (Phi) is 3.88. The van der Waals surface area contributed by atoms with E-state index < -0.39 is 17.5 Å². The summed E-state index contributed by atoms with van der Waals surface area (Å²) in [4.78, 5) is 20.0. The number of nitrogens with one attached hydrogen (secondary N) is 1. The van der Waals surface area contributed by atoms with E-state index in [1.54, 1.807) is 18.2 Å². The molecular formula is C15H9F2N3OS. The zero-order valence-corrected chi connectivity index (χ0v) is 11.9. The first kappa shape index (κ1) is 14.3. The van der Waals surface area contributed by atoms with Crippen molar-refractivity contribution in [3.63, 3.8) is 0 Å². The number of nitrogens with zero attached hydrogens (tertiary/aromatic N) is 2. The van der Waals surface area contributed by atoms with Crippen LogP contribution in [0.2, 0.25) is 0 Å². The molecule has 0 unspecified atom stereocenters. The Labute approximate surface area is 128 Å². The molecule has 2 aromatic heterocycles. The molecule has 22 heavy (non-hydrogen) atoms. The molecule has 110 valence electrons. The third kappa shape index (κ3) is 2.84. The van der Waals surface area contributed by atoms with E-state index in [1.165, 1.54) is 17.6 Å². The number of thiazole rings is 1. The van der Waals surface area contributed by atoms with Gasteiger partial charge < -0.3 is 5.32 Å². The highest BCUT2D eigenvalue weighted by Gasteiger charge is 2.17. The summed E-state index contributed by atoms with van der Waals surface area (Å²) < 4.78 is 27.4. The summed E-state index contributed by atoms with van der Waals surface area (Å²) in [5.74, 6) is -1.55. The zero-order chi connectivity index (χ0) is 15.5. The Hall–Kier alpha value is -2.67. The Bertz CT molecular complexity index is 800. The summed E-state index contributed by atoms with van der Waals surface area (Å²) in [6.07, 6.45) is 1.54. The number of anilines is 1. The van der Waals surface area contributed by atoms with E-state index >= 15 is 0 Å².